The second-order valence-corrected chi connectivity index (χ2v) is 8.61. The van der Waals surface area contributed by atoms with Crippen molar-refractivity contribution in [2.45, 2.75) is 58.3 Å². The monoisotopic (exact) mass is 462 g/mol. The Morgan fingerprint density at radius 3 is 2.18 bits per heavy atom. The van der Waals surface area contributed by atoms with Gasteiger partial charge in [-0.1, -0.05) is 75.4 Å². The topological polar surface area (TPSA) is 65.7 Å². The minimum absolute atomic E-state index is 0.298. The highest BCUT2D eigenvalue weighted by Gasteiger charge is 2.08. The van der Waals surface area contributed by atoms with E-state index in [-0.39, 0.29) is 11.6 Å². The van der Waals surface area contributed by atoms with Gasteiger partial charge in [-0.3, -0.25) is 0 Å². The molecular weight excluding hydrogens is 428 g/mol. The third-order valence-corrected chi connectivity index (χ3v) is 5.68. The van der Waals surface area contributed by atoms with Gasteiger partial charge in [-0.15, -0.1) is 0 Å². The average Bonchev–Trinajstić information content (AvgIpc) is 2.84. The summed E-state index contributed by atoms with van der Waals surface area (Å²) in [6.45, 7) is 6.36. The van der Waals surface area contributed by atoms with Gasteiger partial charge in [0.15, 0.2) is 0 Å². The van der Waals surface area contributed by atoms with E-state index >= 15 is 0 Å². The van der Waals surface area contributed by atoms with E-state index in [1.165, 1.54) is 19.3 Å². The second-order valence-electron chi connectivity index (χ2n) is 8.61. The molecule has 0 radical (unpaired) electrons. The van der Waals surface area contributed by atoms with Crippen LogP contribution in [-0.2, 0) is 9.53 Å². The Labute approximate surface area is 201 Å². The number of ether oxygens (including phenoxy) is 2. The lowest BCUT2D eigenvalue weighted by atomic mass is 10.1. The van der Waals surface area contributed by atoms with E-state index in [1.54, 1.807) is 13.0 Å². The number of carbonyl (C=O) groups excluding carboxylic acids is 1. The third kappa shape index (κ3) is 7.91. The normalized spacial score (nSPS) is 10.9. The Hall–Kier alpha value is -3.34. The van der Waals surface area contributed by atoms with Crippen molar-refractivity contribution < 1.29 is 18.7 Å². The highest BCUT2D eigenvalue weighted by atomic mass is 16.5. The van der Waals surface area contributed by atoms with Crippen LogP contribution in [0.15, 0.2) is 76.0 Å². The number of fused-ring (bicyclic) bond motifs is 1. The van der Waals surface area contributed by atoms with E-state index < -0.39 is 0 Å². The molecule has 5 nitrogen and oxygen atoms in total. The summed E-state index contributed by atoms with van der Waals surface area (Å²) < 4.78 is 16.5. The van der Waals surface area contributed by atoms with Crippen molar-refractivity contribution in [1.29, 1.82) is 0 Å². The minimum Gasteiger partial charge on any atom is -0.493 e. The number of hydrogen-bond acceptors (Lipinski definition) is 5. The first kappa shape index (κ1) is 25.3. The molecule has 1 aromatic heterocycles. The zero-order chi connectivity index (χ0) is 24.2. The zero-order valence-corrected chi connectivity index (χ0v) is 20.0. The summed E-state index contributed by atoms with van der Waals surface area (Å²) in [7, 11) is 0. The molecule has 34 heavy (non-hydrogen) atoms. The van der Waals surface area contributed by atoms with Gasteiger partial charge in [0.05, 0.1) is 18.8 Å². The van der Waals surface area contributed by atoms with E-state index in [0.29, 0.717) is 29.9 Å². The van der Waals surface area contributed by atoms with Gasteiger partial charge in [0.2, 0.25) is 0 Å². The van der Waals surface area contributed by atoms with E-state index in [1.807, 2.05) is 48.5 Å². The van der Waals surface area contributed by atoms with Crippen LogP contribution in [0.4, 0.5) is 0 Å². The molecule has 3 aromatic rings. The fourth-order valence-electron chi connectivity index (χ4n) is 3.74. The van der Waals surface area contributed by atoms with Crippen molar-refractivity contribution in [3.8, 4) is 16.9 Å². The van der Waals surface area contributed by atoms with Gasteiger partial charge in [0.1, 0.15) is 11.3 Å². The molecule has 0 saturated heterocycles. The van der Waals surface area contributed by atoms with Crippen molar-refractivity contribution in [3.63, 3.8) is 0 Å². The largest absolute Gasteiger partial charge is 0.493 e. The SMILES string of the molecule is C=C(C)C(=O)OCCCCCCCCCCOc1ccc2cc(-c3ccccc3)c(=O)oc2c1. The lowest BCUT2D eigenvalue weighted by Crippen LogP contribution is -2.05. The van der Waals surface area contributed by atoms with Crippen LogP contribution in [0, 0.1) is 0 Å². The number of hydrogen-bond donors (Lipinski definition) is 0. The lowest BCUT2D eigenvalue weighted by molar-refractivity contribution is -0.139. The molecule has 0 aliphatic rings. The summed E-state index contributed by atoms with van der Waals surface area (Å²) in [6.07, 6.45) is 8.85. The Kier molecular flexibility index (Phi) is 9.96. The fourth-order valence-corrected chi connectivity index (χ4v) is 3.74. The molecule has 5 heteroatoms. The maximum absolute atomic E-state index is 12.4. The highest BCUT2D eigenvalue weighted by molar-refractivity contribution is 5.86. The Morgan fingerprint density at radius 2 is 1.50 bits per heavy atom. The molecule has 0 aliphatic carbocycles. The number of carbonyl (C=O) groups is 1. The predicted molar refractivity (Wildman–Crippen MR) is 136 cm³/mol. The van der Waals surface area contributed by atoms with Gasteiger partial charge in [0, 0.05) is 17.0 Å². The molecule has 0 amide bonds. The summed E-state index contributed by atoms with van der Waals surface area (Å²) in [5.74, 6) is 0.420. The van der Waals surface area contributed by atoms with E-state index in [9.17, 15) is 9.59 Å². The molecule has 0 spiro atoms. The standard InChI is InChI=1S/C29H34O5/c1-22(2)28(30)33-19-13-8-6-4-3-5-7-12-18-32-25-17-16-24-20-26(23-14-10-9-11-15-23)29(31)34-27(24)21-25/h9-11,14-17,20-21H,1,3-8,12-13,18-19H2,2H3. The Bertz CT molecular complexity index is 1130. The molecule has 1 heterocycles. The summed E-state index contributed by atoms with van der Waals surface area (Å²) in [5, 5.41) is 0.875. The van der Waals surface area contributed by atoms with Crippen LogP contribution < -0.4 is 10.4 Å². The van der Waals surface area contributed by atoms with Crippen molar-refractivity contribution in [2.75, 3.05) is 13.2 Å². The van der Waals surface area contributed by atoms with Gasteiger partial charge in [-0.05, 0) is 43.5 Å². The number of unbranched alkanes of at least 4 members (excludes halogenated alkanes) is 7. The molecule has 180 valence electrons. The molecule has 0 atom stereocenters. The molecule has 0 fully saturated rings. The van der Waals surface area contributed by atoms with Crippen LogP contribution in [0.25, 0.3) is 22.1 Å². The smallest absolute Gasteiger partial charge is 0.344 e. The molecule has 0 aliphatic heterocycles. The molecular formula is C29H34O5. The number of esters is 1. The number of rotatable bonds is 14. The van der Waals surface area contributed by atoms with Crippen molar-refractivity contribution in [3.05, 3.63) is 77.2 Å². The van der Waals surface area contributed by atoms with E-state index in [0.717, 1.165) is 48.8 Å². The second kappa shape index (κ2) is 13.4. The predicted octanol–water partition coefficient (Wildman–Crippen LogP) is 7.08. The van der Waals surface area contributed by atoms with Crippen molar-refractivity contribution >= 4 is 16.9 Å². The van der Waals surface area contributed by atoms with Crippen molar-refractivity contribution in [1.82, 2.24) is 0 Å². The first-order valence-electron chi connectivity index (χ1n) is 12.1. The van der Waals surface area contributed by atoms with Gasteiger partial charge < -0.3 is 13.9 Å². The maximum Gasteiger partial charge on any atom is 0.344 e. The van der Waals surface area contributed by atoms with Crippen LogP contribution in [0.2, 0.25) is 0 Å². The van der Waals surface area contributed by atoms with E-state index in [2.05, 4.69) is 6.58 Å². The summed E-state index contributed by atoms with van der Waals surface area (Å²) >= 11 is 0. The first-order chi connectivity index (χ1) is 16.5. The Morgan fingerprint density at radius 1 is 0.853 bits per heavy atom. The number of benzene rings is 2. The summed E-state index contributed by atoms with van der Waals surface area (Å²) in [4.78, 5) is 23.7. The summed E-state index contributed by atoms with van der Waals surface area (Å²) in [5.41, 5.74) is 2.06. The fraction of sp³-hybridized carbons (Fsp3) is 0.379. The molecule has 2 aromatic carbocycles. The van der Waals surface area contributed by atoms with Gasteiger partial charge in [-0.25, -0.2) is 9.59 Å². The molecule has 0 bridgehead atoms. The molecule has 0 N–H and O–H groups in total. The van der Waals surface area contributed by atoms with Crippen LogP contribution >= 0.6 is 0 Å². The average molecular weight is 463 g/mol. The van der Waals surface area contributed by atoms with Crippen molar-refractivity contribution in [2.24, 2.45) is 0 Å². The minimum atomic E-state index is -0.344. The van der Waals surface area contributed by atoms with E-state index in [4.69, 9.17) is 13.9 Å². The zero-order valence-electron chi connectivity index (χ0n) is 20.0. The maximum atomic E-state index is 12.4. The van der Waals surface area contributed by atoms with Crippen LogP contribution in [0.5, 0.6) is 5.75 Å². The highest BCUT2D eigenvalue weighted by Crippen LogP contribution is 2.24. The van der Waals surface area contributed by atoms with Crippen LogP contribution in [0.3, 0.4) is 0 Å². The third-order valence-electron chi connectivity index (χ3n) is 5.68. The van der Waals surface area contributed by atoms with Gasteiger partial charge in [-0.2, -0.15) is 0 Å². The van der Waals surface area contributed by atoms with Gasteiger partial charge in [0.25, 0.3) is 0 Å². The summed E-state index contributed by atoms with van der Waals surface area (Å²) in [6, 6.07) is 17.1. The molecule has 0 unspecified atom stereocenters. The molecule has 0 saturated carbocycles. The first-order valence-corrected chi connectivity index (χ1v) is 12.1. The quantitative estimate of drug-likeness (QED) is 0.111. The molecule has 3 rings (SSSR count). The van der Waals surface area contributed by atoms with Crippen LogP contribution in [0.1, 0.15) is 58.3 Å². The van der Waals surface area contributed by atoms with Crippen LogP contribution in [-0.4, -0.2) is 19.2 Å². The Balaban J connectivity index is 1.31. The van der Waals surface area contributed by atoms with Gasteiger partial charge >= 0.3 is 11.6 Å². The lowest BCUT2D eigenvalue weighted by Gasteiger charge is -2.08.